The third-order valence-electron chi connectivity index (χ3n) is 2.88. The highest BCUT2D eigenvalue weighted by Gasteiger charge is 2.17. The predicted octanol–water partition coefficient (Wildman–Crippen LogP) is 1.63. The molecule has 0 bridgehead atoms. The average Bonchev–Trinajstić information content (AvgIpc) is 2.63. The Labute approximate surface area is 144 Å². The largest absolute Gasteiger partial charge is 0.478 e. The number of benzene rings is 1. The molecule has 2 N–H and O–H groups in total. The van der Waals surface area contributed by atoms with Crippen LogP contribution in [0.2, 0.25) is 0 Å². The Balaban J connectivity index is 2.20. The van der Waals surface area contributed by atoms with E-state index in [1.807, 2.05) is 0 Å². The number of nitrogens with zero attached hydrogens (tertiary/aromatic N) is 4. The van der Waals surface area contributed by atoms with Crippen LogP contribution >= 0.6 is 0 Å². The Morgan fingerprint density at radius 1 is 1.16 bits per heavy atom. The third kappa shape index (κ3) is 4.43. The van der Waals surface area contributed by atoms with Gasteiger partial charge in [-0.1, -0.05) is 0 Å². The topological polar surface area (TPSA) is 141 Å². The Morgan fingerprint density at radius 3 is 2.40 bits per heavy atom. The quantitative estimate of drug-likeness (QED) is 0.744. The van der Waals surface area contributed by atoms with Gasteiger partial charge in [0.05, 0.1) is 12.0 Å². The SMILES string of the molecule is COc1nccnc1NS(=O)(=O)c1ccc(NC=C(C#N)C#N)cc1. The molecule has 0 saturated carbocycles. The minimum absolute atomic E-state index is 0.00414. The Hall–Kier alpha value is -3.63. The van der Waals surface area contributed by atoms with E-state index in [2.05, 4.69) is 20.0 Å². The van der Waals surface area contributed by atoms with Crippen LogP contribution in [0.25, 0.3) is 0 Å². The summed E-state index contributed by atoms with van der Waals surface area (Å²) >= 11 is 0. The van der Waals surface area contributed by atoms with E-state index in [-0.39, 0.29) is 22.2 Å². The summed E-state index contributed by atoms with van der Waals surface area (Å²) in [7, 11) is -2.53. The molecule has 0 radical (unpaired) electrons. The second-order valence-corrected chi connectivity index (χ2v) is 6.15. The molecule has 0 aliphatic rings. The van der Waals surface area contributed by atoms with Crippen molar-refractivity contribution in [2.24, 2.45) is 0 Å². The number of methoxy groups -OCH3 is 1. The number of allylic oxidation sites excluding steroid dienone is 1. The molecule has 9 nitrogen and oxygen atoms in total. The van der Waals surface area contributed by atoms with Crippen LogP contribution in [0, 0.1) is 22.7 Å². The van der Waals surface area contributed by atoms with Crippen LogP contribution in [-0.2, 0) is 10.0 Å². The number of nitriles is 2. The van der Waals surface area contributed by atoms with Gasteiger partial charge in [0.2, 0.25) is 5.82 Å². The maximum atomic E-state index is 12.4. The van der Waals surface area contributed by atoms with Gasteiger partial charge in [-0.25, -0.2) is 18.4 Å². The van der Waals surface area contributed by atoms with Crippen molar-refractivity contribution in [2.75, 3.05) is 17.1 Å². The monoisotopic (exact) mass is 356 g/mol. The number of hydrogen-bond acceptors (Lipinski definition) is 8. The highest BCUT2D eigenvalue weighted by atomic mass is 32.2. The van der Waals surface area contributed by atoms with Gasteiger partial charge in [-0.15, -0.1) is 0 Å². The Kier molecular flexibility index (Phi) is 5.50. The first-order valence-electron chi connectivity index (χ1n) is 6.75. The molecule has 0 amide bonds. The maximum absolute atomic E-state index is 12.4. The summed E-state index contributed by atoms with van der Waals surface area (Å²) in [6.07, 6.45) is 3.94. The standard InChI is InChI=1S/C15H12N6O3S/c1-24-15-14(18-6-7-19-15)21-25(22,23)13-4-2-12(3-5-13)20-10-11(8-16)9-17/h2-7,10,20H,1H3,(H,18,21). The van der Waals surface area contributed by atoms with E-state index in [0.29, 0.717) is 5.69 Å². The summed E-state index contributed by atoms with van der Waals surface area (Å²) in [6, 6.07) is 9.11. The molecular formula is C15H12N6O3S. The van der Waals surface area contributed by atoms with Crippen molar-refractivity contribution in [1.82, 2.24) is 9.97 Å². The molecule has 25 heavy (non-hydrogen) atoms. The number of ether oxygens (including phenoxy) is 1. The van der Waals surface area contributed by atoms with E-state index >= 15 is 0 Å². The Bertz CT molecular complexity index is 956. The van der Waals surface area contributed by atoms with Crippen molar-refractivity contribution in [3.8, 4) is 18.0 Å². The van der Waals surface area contributed by atoms with E-state index in [1.54, 1.807) is 12.1 Å². The Morgan fingerprint density at radius 2 is 1.80 bits per heavy atom. The summed E-state index contributed by atoms with van der Waals surface area (Å²) in [4.78, 5) is 7.75. The van der Waals surface area contributed by atoms with Gasteiger partial charge in [0.1, 0.15) is 17.7 Å². The first-order valence-corrected chi connectivity index (χ1v) is 8.23. The highest BCUT2D eigenvalue weighted by Crippen LogP contribution is 2.22. The smallest absolute Gasteiger partial charge is 0.263 e. The lowest BCUT2D eigenvalue weighted by Gasteiger charge is -2.10. The molecule has 1 aromatic carbocycles. The van der Waals surface area contributed by atoms with Crippen molar-refractivity contribution in [3.63, 3.8) is 0 Å². The molecule has 0 unspecified atom stereocenters. The van der Waals surface area contributed by atoms with Crippen LogP contribution in [0.1, 0.15) is 0 Å². The van der Waals surface area contributed by atoms with Crippen LogP contribution in [0.5, 0.6) is 5.88 Å². The van der Waals surface area contributed by atoms with Crippen molar-refractivity contribution < 1.29 is 13.2 Å². The number of sulfonamides is 1. The van der Waals surface area contributed by atoms with Crippen molar-refractivity contribution >= 4 is 21.5 Å². The van der Waals surface area contributed by atoms with Gasteiger partial charge < -0.3 is 10.1 Å². The van der Waals surface area contributed by atoms with Gasteiger partial charge >= 0.3 is 0 Å². The molecule has 0 aliphatic heterocycles. The van der Waals surface area contributed by atoms with Gasteiger partial charge in [-0.05, 0) is 24.3 Å². The average molecular weight is 356 g/mol. The molecule has 2 rings (SSSR count). The molecule has 1 aromatic heterocycles. The zero-order valence-corrected chi connectivity index (χ0v) is 13.8. The van der Waals surface area contributed by atoms with Crippen molar-refractivity contribution in [3.05, 3.63) is 48.4 Å². The van der Waals surface area contributed by atoms with E-state index in [4.69, 9.17) is 15.3 Å². The van der Waals surface area contributed by atoms with E-state index < -0.39 is 10.0 Å². The minimum atomic E-state index is -3.88. The van der Waals surface area contributed by atoms with Gasteiger partial charge in [-0.2, -0.15) is 10.5 Å². The lowest BCUT2D eigenvalue weighted by molar-refractivity contribution is 0.398. The van der Waals surface area contributed by atoms with Crippen molar-refractivity contribution in [1.29, 1.82) is 10.5 Å². The zero-order chi connectivity index (χ0) is 18.3. The van der Waals surface area contributed by atoms with Crippen LogP contribution < -0.4 is 14.8 Å². The number of rotatable bonds is 6. The normalized spacial score (nSPS) is 10.0. The molecule has 0 spiro atoms. The van der Waals surface area contributed by atoms with Crippen LogP contribution in [-0.4, -0.2) is 25.5 Å². The van der Waals surface area contributed by atoms with Gasteiger partial charge in [-0.3, -0.25) is 4.72 Å². The lowest BCUT2D eigenvalue weighted by Crippen LogP contribution is -2.15. The summed E-state index contributed by atoms with van der Waals surface area (Å²) < 4.78 is 32.0. The van der Waals surface area contributed by atoms with E-state index in [1.165, 1.54) is 50.0 Å². The fourth-order valence-electron chi connectivity index (χ4n) is 1.71. The van der Waals surface area contributed by atoms with Crippen LogP contribution in [0.15, 0.2) is 53.3 Å². The fraction of sp³-hybridized carbons (Fsp3) is 0.0667. The molecule has 126 valence electrons. The molecule has 0 saturated heterocycles. The highest BCUT2D eigenvalue weighted by molar-refractivity contribution is 7.92. The van der Waals surface area contributed by atoms with Crippen LogP contribution in [0.4, 0.5) is 11.5 Å². The first kappa shape index (κ1) is 17.7. The molecule has 0 aliphatic carbocycles. The van der Waals surface area contributed by atoms with Gasteiger partial charge in [0, 0.05) is 24.3 Å². The number of hydrogen-bond donors (Lipinski definition) is 2. The molecule has 0 atom stereocenters. The summed E-state index contributed by atoms with van der Waals surface area (Å²) in [6.45, 7) is 0. The summed E-state index contributed by atoms with van der Waals surface area (Å²) in [5.74, 6) is 0.0258. The second kappa shape index (κ2) is 7.77. The minimum Gasteiger partial charge on any atom is -0.478 e. The molecular weight excluding hydrogens is 344 g/mol. The number of aromatic nitrogens is 2. The third-order valence-corrected chi connectivity index (χ3v) is 4.23. The van der Waals surface area contributed by atoms with E-state index in [0.717, 1.165) is 0 Å². The number of anilines is 2. The first-order chi connectivity index (χ1) is 12.0. The lowest BCUT2D eigenvalue weighted by atomic mass is 10.3. The number of nitrogens with one attached hydrogen (secondary N) is 2. The fourth-order valence-corrected chi connectivity index (χ4v) is 2.71. The molecule has 2 aromatic rings. The van der Waals surface area contributed by atoms with Gasteiger partial charge in [0.15, 0.2) is 0 Å². The summed E-state index contributed by atoms with van der Waals surface area (Å²) in [5, 5.41) is 20.0. The maximum Gasteiger partial charge on any atom is 0.263 e. The predicted molar refractivity (Wildman–Crippen MR) is 88.8 cm³/mol. The van der Waals surface area contributed by atoms with Crippen LogP contribution in [0.3, 0.4) is 0 Å². The second-order valence-electron chi connectivity index (χ2n) is 4.47. The van der Waals surface area contributed by atoms with E-state index in [9.17, 15) is 8.42 Å². The molecule has 1 heterocycles. The summed E-state index contributed by atoms with van der Waals surface area (Å²) in [5.41, 5.74) is 0.409. The molecule has 0 fully saturated rings. The van der Waals surface area contributed by atoms with Crippen molar-refractivity contribution in [2.45, 2.75) is 4.90 Å². The van der Waals surface area contributed by atoms with Gasteiger partial charge in [0.25, 0.3) is 15.9 Å². The zero-order valence-electron chi connectivity index (χ0n) is 13.0. The molecule has 10 heteroatoms.